The van der Waals surface area contributed by atoms with Crippen LogP contribution in [0.1, 0.15) is 22.9 Å². The molecule has 0 unspecified atom stereocenters. The third kappa shape index (κ3) is 5.38. The van der Waals surface area contributed by atoms with E-state index < -0.39 is 12.1 Å². The number of benzene rings is 1. The molecular formula is C18H21NO4S. The van der Waals surface area contributed by atoms with Gasteiger partial charge in [-0.05, 0) is 43.8 Å². The predicted octanol–water partition coefficient (Wildman–Crippen LogP) is 2.99. The van der Waals surface area contributed by atoms with E-state index in [-0.39, 0.29) is 12.5 Å². The molecule has 1 amide bonds. The molecule has 2 aromatic rings. The summed E-state index contributed by atoms with van der Waals surface area (Å²) < 4.78 is 10.5. The van der Waals surface area contributed by atoms with Crippen molar-refractivity contribution in [1.29, 1.82) is 0 Å². The Morgan fingerprint density at radius 2 is 2.04 bits per heavy atom. The summed E-state index contributed by atoms with van der Waals surface area (Å²) in [6.45, 7) is 5.64. The van der Waals surface area contributed by atoms with E-state index in [0.717, 1.165) is 16.0 Å². The molecule has 0 fully saturated rings. The van der Waals surface area contributed by atoms with Gasteiger partial charge in [0.15, 0.2) is 12.7 Å². The minimum atomic E-state index is -0.861. The number of thiophene rings is 1. The molecule has 24 heavy (non-hydrogen) atoms. The van der Waals surface area contributed by atoms with Gasteiger partial charge in [-0.1, -0.05) is 23.8 Å². The number of esters is 1. The van der Waals surface area contributed by atoms with Crippen LogP contribution in [-0.2, 0) is 20.9 Å². The number of hydrogen-bond acceptors (Lipinski definition) is 5. The zero-order valence-corrected chi connectivity index (χ0v) is 14.8. The molecule has 0 aliphatic carbocycles. The monoisotopic (exact) mass is 347 g/mol. The van der Waals surface area contributed by atoms with Gasteiger partial charge >= 0.3 is 5.97 Å². The van der Waals surface area contributed by atoms with Gasteiger partial charge in [-0.2, -0.15) is 0 Å². The van der Waals surface area contributed by atoms with Gasteiger partial charge in [0, 0.05) is 4.88 Å². The highest BCUT2D eigenvalue weighted by Crippen LogP contribution is 2.18. The van der Waals surface area contributed by atoms with Crippen LogP contribution >= 0.6 is 11.3 Å². The van der Waals surface area contributed by atoms with Gasteiger partial charge in [0.05, 0.1) is 6.54 Å². The maximum Gasteiger partial charge on any atom is 0.344 e. The highest BCUT2D eigenvalue weighted by Gasteiger charge is 2.18. The first-order valence-electron chi connectivity index (χ1n) is 7.65. The van der Waals surface area contributed by atoms with Crippen molar-refractivity contribution in [2.75, 3.05) is 6.61 Å². The maximum absolute atomic E-state index is 11.9. The van der Waals surface area contributed by atoms with Crippen LogP contribution in [0.25, 0.3) is 0 Å². The van der Waals surface area contributed by atoms with Crippen LogP contribution in [0.15, 0.2) is 35.7 Å². The number of hydrogen-bond donors (Lipinski definition) is 1. The SMILES string of the molecule is Cc1ccc(OCC(=O)O[C@@H](C)C(=O)NCc2cccs2)c(C)c1. The molecule has 1 N–H and O–H groups in total. The molecule has 1 heterocycles. The van der Waals surface area contributed by atoms with Crippen LogP contribution in [0, 0.1) is 13.8 Å². The van der Waals surface area contributed by atoms with Gasteiger partial charge in [-0.15, -0.1) is 11.3 Å². The van der Waals surface area contributed by atoms with Crippen molar-refractivity contribution in [3.05, 3.63) is 51.7 Å². The van der Waals surface area contributed by atoms with Gasteiger partial charge < -0.3 is 14.8 Å². The first-order chi connectivity index (χ1) is 11.5. The van der Waals surface area contributed by atoms with Gasteiger partial charge in [0.25, 0.3) is 5.91 Å². The Labute approximate surface area is 145 Å². The molecular weight excluding hydrogens is 326 g/mol. The number of nitrogens with one attached hydrogen (secondary N) is 1. The molecule has 1 aromatic carbocycles. The quantitative estimate of drug-likeness (QED) is 0.782. The number of ether oxygens (including phenoxy) is 2. The van der Waals surface area contributed by atoms with Crippen LogP contribution in [0.4, 0.5) is 0 Å². The Bertz CT molecular complexity index is 697. The van der Waals surface area contributed by atoms with E-state index in [2.05, 4.69) is 5.32 Å². The Morgan fingerprint density at radius 3 is 2.71 bits per heavy atom. The maximum atomic E-state index is 11.9. The number of carbonyl (C=O) groups excluding carboxylic acids is 2. The van der Waals surface area contributed by atoms with E-state index in [1.807, 2.05) is 49.6 Å². The lowest BCUT2D eigenvalue weighted by molar-refractivity contribution is -0.156. The van der Waals surface area contributed by atoms with E-state index in [1.165, 1.54) is 0 Å². The average molecular weight is 347 g/mol. The van der Waals surface area contributed by atoms with E-state index in [0.29, 0.717) is 12.3 Å². The fourth-order valence-electron chi connectivity index (χ4n) is 2.11. The molecule has 0 bridgehead atoms. The van der Waals surface area contributed by atoms with Crippen LogP contribution in [0.3, 0.4) is 0 Å². The lowest BCUT2D eigenvalue weighted by atomic mass is 10.1. The van der Waals surface area contributed by atoms with Gasteiger partial charge in [-0.3, -0.25) is 4.79 Å². The van der Waals surface area contributed by atoms with E-state index in [4.69, 9.17) is 9.47 Å². The van der Waals surface area contributed by atoms with Gasteiger partial charge in [-0.25, -0.2) is 4.79 Å². The summed E-state index contributed by atoms with van der Waals surface area (Å²) in [6, 6.07) is 9.55. The highest BCUT2D eigenvalue weighted by atomic mass is 32.1. The van der Waals surface area contributed by atoms with Crippen molar-refractivity contribution in [2.45, 2.75) is 33.4 Å². The lowest BCUT2D eigenvalue weighted by Crippen LogP contribution is -2.36. The van der Waals surface area contributed by atoms with Gasteiger partial charge in [0.1, 0.15) is 5.75 Å². The topological polar surface area (TPSA) is 64.6 Å². The molecule has 128 valence electrons. The molecule has 2 rings (SSSR count). The normalized spacial score (nSPS) is 11.6. The fraction of sp³-hybridized carbons (Fsp3) is 0.333. The molecule has 0 aliphatic rings. The van der Waals surface area contributed by atoms with Gasteiger partial charge in [0.2, 0.25) is 0 Å². The Hall–Kier alpha value is -2.34. The lowest BCUT2D eigenvalue weighted by Gasteiger charge is -2.14. The van der Waals surface area contributed by atoms with Crippen molar-refractivity contribution < 1.29 is 19.1 Å². The summed E-state index contributed by atoms with van der Waals surface area (Å²) in [5.74, 6) is -0.274. The molecule has 0 saturated heterocycles. The third-order valence-electron chi connectivity index (χ3n) is 3.37. The van der Waals surface area contributed by atoms with E-state index in [9.17, 15) is 9.59 Å². The molecule has 0 spiro atoms. The van der Waals surface area contributed by atoms with Crippen molar-refractivity contribution in [1.82, 2.24) is 5.32 Å². The minimum absolute atomic E-state index is 0.230. The molecule has 0 saturated carbocycles. The zero-order valence-electron chi connectivity index (χ0n) is 14.0. The third-order valence-corrected chi connectivity index (χ3v) is 4.25. The Kier molecular flexibility index (Phi) is 6.37. The van der Waals surface area contributed by atoms with Crippen molar-refractivity contribution in [3.63, 3.8) is 0 Å². The first-order valence-corrected chi connectivity index (χ1v) is 8.53. The summed E-state index contributed by atoms with van der Waals surface area (Å²) >= 11 is 1.56. The summed E-state index contributed by atoms with van der Waals surface area (Å²) in [6.07, 6.45) is -0.861. The van der Waals surface area contributed by atoms with E-state index >= 15 is 0 Å². The summed E-state index contributed by atoms with van der Waals surface area (Å²) in [4.78, 5) is 24.8. The van der Waals surface area contributed by atoms with Crippen molar-refractivity contribution in [3.8, 4) is 5.75 Å². The summed E-state index contributed by atoms with van der Waals surface area (Å²) in [5.41, 5.74) is 2.07. The zero-order chi connectivity index (χ0) is 17.5. The molecule has 1 aromatic heterocycles. The number of rotatable bonds is 7. The summed E-state index contributed by atoms with van der Waals surface area (Å²) in [5, 5.41) is 4.67. The van der Waals surface area contributed by atoms with E-state index in [1.54, 1.807) is 18.3 Å². The van der Waals surface area contributed by atoms with Crippen LogP contribution in [0.5, 0.6) is 5.75 Å². The average Bonchev–Trinajstić information content (AvgIpc) is 3.05. The molecule has 0 aliphatic heterocycles. The second kappa shape index (κ2) is 8.49. The number of amides is 1. The standard InChI is InChI=1S/C18H21NO4S/c1-12-6-7-16(13(2)9-12)22-11-17(20)23-14(3)18(21)19-10-15-5-4-8-24-15/h4-9,14H,10-11H2,1-3H3,(H,19,21)/t14-/m0/s1. The number of carbonyl (C=O) groups is 2. The highest BCUT2D eigenvalue weighted by molar-refractivity contribution is 7.09. The molecule has 6 heteroatoms. The minimum Gasteiger partial charge on any atom is -0.482 e. The molecule has 1 atom stereocenters. The molecule has 5 nitrogen and oxygen atoms in total. The largest absolute Gasteiger partial charge is 0.482 e. The van der Waals surface area contributed by atoms with Crippen molar-refractivity contribution in [2.24, 2.45) is 0 Å². The van der Waals surface area contributed by atoms with Crippen LogP contribution in [0.2, 0.25) is 0 Å². The molecule has 0 radical (unpaired) electrons. The smallest absolute Gasteiger partial charge is 0.344 e. The van der Waals surface area contributed by atoms with Crippen LogP contribution < -0.4 is 10.1 Å². The predicted molar refractivity (Wildman–Crippen MR) is 93.1 cm³/mol. The van der Waals surface area contributed by atoms with Crippen LogP contribution in [-0.4, -0.2) is 24.6 Å². The first kappa shape index (κ1) is 18.0. The number of aryl methyl sites for hydroxylation is 2. The Morgan fingerprint density at radius 1 is 1.25 bits per heavy atom. The van der Waals surface area contributed by atoms with Crippen molar-refractivity contribution >= 4 is 23.2 Å². The second-order valence-corrected chi connectivity index (χ2v) is 6.52. The second-order valence-electron chi connectivity index (χ2n) is 5.49. The summed E-state index contributed by atoms with van der Waals surface area (Å²) in [7, 11) is 0. The Balaban J connectivity index is 1.75. The fourth-order valence-corrected chi connectivity index (χ4v) is 2.76.